The summed E-state index contributed by atoms with van der Waals surface area (Å²) in [6, 6.07) is 9.43. The number of hydrogen-bond donors (Lipinski definition) is 1. The van der Waals surface area contributed by atoms with Crippen molar-refractivity contribution in [2.75, 3.05) is 11.9 Å². The van der Waals surface area contributed by atoms with Gasteiger partial charge in [0.15, 0.2) is 0 Å². The number of aliphatic hydroxyl groups excluding tert-OH is 1. The van der Waals surface area contributed by atoms with Crippen LogP contribution in [-0.2, 0) is 4.79 Å². The van der Waals surface area contributed by atoms with Gasteiger partial charge in [-0.05, 0) is 30.9 Å². The largest absolute Gasteiger partial charge is 0.388 e. The maximum atomic E-state index is 12.4. The van der Waals surface area contributed by atoms with Crippen LogP contribution in [0.5, 0.6) is 0 Å². The molecule has 1 aliphatic rings. The van der Waals surface area contributed by atoms with Crippen LogP contribution in [-0.4, -0.2) is 24.2 Å². The molecular weight excluding hydrogens is 250 g/mol. The van der Waals surface area contributed by atoms with E-state index >= 15 is 0 Å². The minimum absolute atomic E-state index is 0.185. The van der Waals surface area contributed by atoms with Crippen LogP contribution in [0.2, 0.25) is 0 Å². The minimum atomic E-state index is -0.714. The number of nitrogens with zero attached hydrogens (tertiary/aromatic N) is 1. The first kappa shape index (κ1) is 14.8. The van der Waals surface area contributed by atoms with E-state index in [2.05, 4.69) is 6.58 Å². The summed E-state index contributed by atoms with van der Waals surface area (Å²) >= 11 is 0. The molecule has 0 saturated heterocycles. The van der Waals surface area contributed by atoms with E-state index in [0.29, 0.717) is 5.57 Å². The SMILES string of the molecule is C=C(C(=O)N(C)c1ccccc1)C(O)C1CCCCC1. The van der Waals surface area contributed by atoms with Crippen molar-refractivity contribution in [2.45, 2.75) is 38.2 Å². The van der Waals surface area contributed by atoms with Crippen LogP contribution in [0.25, 0.3) is 0 Å². The minimum Gasteiger partial charge on any atom is -0.388 e. The number of benzene rings is 1. The molecule has 108 valence electrons. The lowest BCUT2D eigenvalue weighted by Gasteiger charge is -2.29. The molecule has 1 atom stereocenters. The number of para-hydroxylation sites is 1. The van der Waals surface area contributed by atoms with E-state index < -0.39 is 6.10 Å². The summed E-state index contributed by atoms with van der Waals surface area (Å²) in [5.41, 5.74) is 1.12. The maximum Gasteiger partial charge on any atom is 0.255 e. The lowest BCUT2D eigenvalue weighted by Crippen LogP contribution is -2.35. The first-order chi connectivity index (χ1) is 9.61. The molecule has 20 heavy (non-hydrogen) atoms. The van der Waals surface area contributed by atoms with Crippen molar-refractivity contribution in [1.29, 1.82) is 0 Å². The number of carbonyl (C=O) groups is 1. The lowest BCUT2D eigenvalue weighted by molar-refractivity contribution is -0.116. The molecule has 3 heteroatoms. The molecule has 0 aromatic heterocycles. The van der Waals surface area contributed by atoms with Gasteiger partial charge >= 0.3 is 0 Å². The maximum absolute atomic E-state index is 12.4. The third-order valence-electron chi connectivity index (χ3n) is 4.18. The summed E-state index contributed by atoms with van der Waals surface area (Å²) in [7, 11) is 1.72. The second-order valence-corrected chi connectivity index (χ2v) is 5.57. The van der Waals surface area contributed by atoms with Crippen LogP contribution >= 0.6 is 0 Å². The molecule has 0 spiro atoms. The first-order valence-corrected chi connectivity index (χ1v) is 7.31. The van der Waals surface area contributed by atoms with Crippen LogP contribution in [0.15, 0.2) is 42.5 Å². The molecule has 0 heterocycles. The topological polar surface area (TPSA) is 40.5 Å². The summed E-state index contributed by atoms with van der Waals surface area (Å²) < 4.78 is 0. The highest BCUT2D eigenvalue weighted by Crippen LogP contribution is 2.29. The average molecular weight is 273 g/mol. The molecule has 1 fully saturated rings. The zero-order chi connectivity index (χ0) is 14.5. The van der Waals surface area contributed by atoms with Crippen LogP contribution in [0.4, 0.5) is 5.69 Å². The van der Waals surface area contributed by atoms with Gasteiger partial charge in [-0.3, -0.25) is 4.79 Å². The molecule has 1 aromatic rings. The molecule has 1 unspecified atom stereocenters. The Balaban J connectivity index is 2.02. The molecule has 1 aliphatic carbocycles. The van der Waals surface area contributed by atoms with E-state index in [1.807, 2.05) is 30.3 Å². The van der Waals surface area contributed by atoms with Crippen molar-refractivity contribution in [1.82, 2.24) is 0 Å². The van der Waals surface area contributed by atoms with Crippen LogP contribution in [0.1, 0.15) is 32.1 Å². The molecule has 1 N–H and O–H groups in total. The van der Waals surface area contributed by atoms with Crippen molar-refractivity contribution >= 4 is 11.6 Å². The third-order valence-corrected chi connectivity index (χ3v) is 4.18. The molecule has 2 rings (SSSR count). The summed E-state index contributed by atoms with van der Waals surface area (Å²) in [6.45, 7) is 3.84. The number of likely N-dealkylation sites (N-methyl/N-ethyl adjacent to an activating group) is 1. The molecule has 0 bridgehead atoms. The predicted octanol–water partition coefficient (Wildman–Crippen LogP) is 3.15. The van der Waals surface area contributed by atoms with Gasteiger partial charge in [0.1, 0.15) is 0 Å². The molecule has 1 saturated carbocycles. The van der Waals surface area contributed by atoms with E-state index in [4.69, 9.17) is 0 Å². The van der Waals surface area contributed by atoms with Gasteiger partial charge in [-0.25, -0.2) is 0 Å². The summed E-state index contributed by atoms with van der Waals surface area (Å²) in [5, 5.41) is 10.4. The highest BCUT2D eigenvalue weighted by molar-refractivity contribution is 6.05. The van der Waals surface area contributed by atoms with Crippen LogP contribution in [0, 0.1) is 5.92 Å². The van der Waals surface area contributed by atoms with Gasteiger partial charge in [-0.15, -0.1) is 0 Å². The van der Waals surface area contributed by atoms with E-state index in [1.165, 1.54) is 6.42 Å². The predicted molar refractivity (Wildman–Crippen MR) is 81.6 cm³/mol. The standard InChI is InChI=1S/C17H23NO2/c1-13(16(19)14-9-5-3-6-10-14)17(20)18(2)15-11-7-4-8-12-15/h4,7-8,11-12,14,16,19H,1,3,5-6,9-10H2,2H3. The van der Waals surface area contributed by atoms with E-state index in [0.717, 1.165) is 31.4 Å². The molecule has 0 aliphatic heterocycles. The van der Waals surface area contributed by atoms with Crippen molar-refractivity contribution < 1.29 is 9.90 Å². The van der Waals surface area contributed by atoms with E-state index in [-0.39, 0.29) is 11.8 Å². The van der Waals surface area contributed by atoms with Crippen LogP contribution in [0.3, 0.4) is 0 Å². The first-order valence-electron chi connectivity index (χ1n) is 7.31. The normalized spacial score (nSPS) is 17.5. The molecule has 0 radical (unpaired) electrons. The summed E-state index contributed by atoms with van der Waals surface area (Å²) in [5.74, 6) is -0.0151. The Kier molecular flexibility index (Phi) is 4.96. The zero-order valence-corrected chi connectivity index (χ0v) is 12.1. The Morgan fingerprint density at radius 1 is 1.25 bits per heavy atom. The quantitative estimate of drug-likeness (QED) is 0.856. The fourth-order valence-corrected chi connectivity index (χ4v) is 2.85. The molecule has 1 amide bonds. The van der Waals surface area contributed by atoms with Gasteiger partial charge < -0.3 is 10.0 Å². The van der Waals surface area contributed by atoms with Gasteiger partial charge in [0.05, 0.1) is 6.10 Å². The number of rotatable bonds is 4. The highest BCUT2D eigenvalue weighted by atomic mass is 16.3. The van der Waals surface area contributed by atoms with Gasteiger partial charge in [0.25, 0.3) is 5.91 Å². The van der Waals surface area contributed by atoms with Gasteiger partial charge in [-0.1, -0.05) is 44.0 Å². The highest BCUT2D eigenvalue weighted by Gasteiger charge is 2.28. The van der Waals surface area contributed by atoms with Crippen molar-refractivity contribution in [3.63, 3.8) is 0 Å². The van der Waals surface area contributed by atoms with Gasteiger partial charge in [0, 0.05) is 18.3 Å². The van der Waals surface area contributed by atoms with Crippen LogP contribution < -0.4 is 4.90 Å². The fourth-order valence-electron chi connectivity index (χ4n) is 2.85. The van der Waals surface area contributed by atoms with Crippen molar-refractivity contribution in [2.24, 2.45) is 5.92 Å². The van der Waals surface area contributed by atoms with Crippen molar-refractivity contribution in [3.8, 4) is 0 Å². The summed E-state index contributed by atoms with van der Waals surface area (Å²) in [4.78, 5) is 13.9. The molecule has 3 nitrogen and oxygen atoms in total. The second-order valence-electron chi connectivity index (χ2n) is 5.57. The Hall–Kier alpha value is -1.61. The lowest BCUT2D eigenvalue weighted by atomic mass is 9.82. The number of aliphatic hydroxyl groups is 1. The van der Waals surface area contributed by atoms with Crippen molar-refractivity contribution in [3.05, 3.63) is 42.5 Å². The van der Waals surface area contributed by atoms with Gasteiger partial charge in [0.2, 0.25) is 0 Å². The smallest absolute Gasteiger partial charge is 0.255 e. The second kappa shape index (κ2) is 6.71. The van der Waals surface area contributed by atoms with E-state index in [1.54, 1.807) is 11.9 Å². The Bertz CT molecular complexity index is 463. The monoisotopic (exact) mass is 273 g/mol. The Morgan fingerprint density at radius 3 is 2.45 bits per heavy atom. The number of carbonyl (C=O) groups excluding carboxylic acids is 1. The molecular formula is C17H23NO2. The number of hydrogen-bond acceptors (Lipinski definition) is 2. The Morgan fingerprint density at radius 2 is 1.85 bits per heavy atom. The van der Waals surface area contributed by atoms with E-state index in [9.17, 15) is 9.90 Å². The average Bonchev–Trinajstić information content (AvgIpc) is 2.53. The number of anilines is 1. The third kappa shape index (κ3) is 3.28. The zero-order valence-electron chi connectivity index (χ0n) is 12.1. The summed E-state index contributed by atoms with van der Waals surface area (Å²) in [6.07, 6.45) is 4.77. The number of amides is 1. The fraction of sp³-hybridized carbons (Fsp3) is 0.471. The Labute approximate surface area is 120 Å². The molecule has 1 aromatic carbocycles. The van der Waals surface area contributed by atoms with Gasteiger partial charge in [-0.2, -0.15) is 0 Å².